The first kappa shape index (κ1) is 12.6. The molecule has 2 aromatic heterocycles. The van der Waals surface area contributed by atoms with E-state index in [1.165, 1.54) is 6.07 Å². The molecule has 0 saturated heterocycles. The lowest BCUT2D eigenvalue weighted by Crippen LogP contribution is -2.01. The first-order valence-electron chi connectivity index (χ1n) is 6.29. The van der Waals surface area contributed by atoms with E-state index in [1.54, 1.807) is 25.4 Å². The third-order valence-corrected chi connectivity index (χ3v) is 3.25. The van der Waals surface area contributed by atoms with Crippen LogP contribution in [0.15, 0.2) is 36.7 Å². The molecule has 0 fully saturated rings. The minimum atomic E-state index is -0.222. The molecule has 0 spiro atoms. The highest BCUT2D eigenvalue weighted by Gasteiger charge is 2.09. The van der Waals surface area contributed by atoms with Crippen molar-refractivity contribution in [1.82, 2.24) is 14.5 Å². The van der Waals surface area contributed by atoms with E-state index in [1.807, 2.05) is 23.7 Å². The van der Waals surface area contributed by atoms with E-state index in [0.717, 1.165) is 16.6 Å². The van der Waals surface area contributed by atoms with Gasteiger partial charge in [-0.15, -0.1) is 0 Å². The summed E-state index contributed by atoms with van der Waals surface area (Å²) in [4.78, 5) is 8.43. The maximum atomic E-state index is 13.5. The van der Waals surface area contributed by atoms with Crippen molar-refractivity contribution in [3.63, 3.8) is 0 Å². The summed E-state index contributed by atoms with van der Waals surface area (Å²) < 4.78 is 21.0. The molecule has 3 aromatic rings. The second kappa shape index (κ2) is 4.92. The molecule has 0 atom stereocenters. The quantitative estimate of drug-likeness (QED) is 0.735. The summed E-state index contributed by atoms with van der Waals surface area (Å²) in [7, 11) is 1.86. The van der Waals surface area contributed by atoms with Gasteiger partial charge < -0.3 is 4.74 Å². The van der Waals surface area contributed by atoms with Crippen LogP contribution in [0, 0.1) is 12.7 Å². The molecule has 0 N–H and O–H groups in total. The highest BCUT2D eigenvalue weighted by Crippen LogP contribution is 2.19. The SMILES string of the molecule is Cc1ccc(COc2nc3ccncc3n2C)cc1F. The molecule has 102 valence electrons. The topological polar surface area (TPSA) is 39.9 Å². The van der Waals surface area contributed by atoms with Crippen LogP contribution >= 0.6 is 0 Å². The van der Waals surface area contributed by atoms with Crippen molar-refractivity contribution >= 4 is 11.0 Å². The third kappa shape index (κ3) is 2.22. The third-order valence-electron chi connectivity index (χ3n) is 3.25. The van der Waals surface area contributed by atoms with E-state index in [-0.39, 0.29) is 12.4 Å². The Bertz CT molecular complexity index is 767. The van der Waals surface area contributed by atoms with Crippen LogP contribution in [-0.4, -0.2) is 14.5 Å². The first-order valence-corrected chi connectivity index (χ1v) is 6.29. The van der Waals surface area contributed by atoms with Crippen LogP contribution in [0.1, 0.15) is 11.1 Å². The molecular formula is C15H14FN3O. The van der Waals surface area contributed by atoms with Gasteiger partial charge in [0.05, 0.1) is 17.2 Å². The van der Waals surface area contributed by atoms with Crippen molar-refractivity contribution < 1.29 is 9.13 Å². The monoisotopic (exact) mass is 271 g/mol. The smallest absolute Gasteiger partial charge is 0.297 e. The van der Waals surface area contributed by atoms with E-state index in [0.29, 0.717) is 11.6 Å². The molecule has 5 heteroatoms. The summed E-state index contributed by atoms with van der Waals surface area (Å²) in [5.41, 5.74) is 3.13. The van der Waals surface area contributed by atoms with Gasteiger partial charge in [0.2, 0.25) is 0 Å². The number of hydrogen-bond donors (Lipinski definition) is 0. The Hall–Kier alpha value is -2.43. The normalized spacial score (nSPS) is 10.9. The largest absolute Gasteiger partial charge is 0.460 e. The number of nitrogens with zero attached hydrogens (tertiary/aromatic N) is 3. The zero-order chi connectivity index (χ0) is 14.1. The molecule has 0 aliphatic heterocycles. The molecule has 0 bridgehead atoms. The van der Waals surface area contributed by atoms with Gasteiger partial charge in [-0.05, 0) is 30.2 Å². The molecule has 20 heavy (non-hydrogen) atoms. The predicted molar refractivity (Wildman–Crippen MR) is 74.0 cm³/mol. The number of hydrogen-bond acceptors (Lipinski definition) is 3. The zero-order valence-corrected chi connectivity index (χ0v) is 11.3. The van der Waals surface area contributed by atoms with Gasteiger partial charge in [-0.1, -0.05) is 12.1 Å². The summed E-state index contributed by atoms with van der Waals surface area (Å²) >= 11 is 0. The van der Waals surface area contributed by atoms with E-state index < -0.39 is 0 Å². The number of aryl methyl sites for hydroxylation is 2. The van der Waals surface area contributed by atoms with Crippen LogP contribution in [0.4, 0.5) is 4.39 Å². The van der Waals surface area contributed by atoms with Gasteiger partial charge in [0.15, 0.2) is 0 Å². The number of fused-ring (bicyclic) bond motifs is 1. The van der Waals surface area contributed by atoms with Crippen LogP contribution in [-0.2, 0) is 13.7 Å². The Balaban J connectivity index is 1.83. The molecule has 0 unspecified atom stereocenters. The molecule has 3 rings (SSSR count). The first-order chi connectivity index (χ1) is 9.65. The Morgan fingerprint density at radius 3 is 2.90 bits per heavy atom. The van der Waals surface area contributed by atoms with Crippen molar-refractivity contribution in [2.75, 3.05) is 0 Å². The fourth-order valence-electron chi connectivity index (χ4n) is 2.02. The highest BCUT2D eigenvalue weighted by atomic mass is 19.1. The van der Waals surface area contributed by atoms with Gasteiger partial charge in [0, 0.05) is 13.2 Å². The average molecular weight is 271 g/mol. The number of pyridine rings is 1. The summed E-state index contributed by atoms with van der Waals surface area (Å²) in [6.07, 6.45) is 3.43. The van der Waals surface area contributed by atoms with E-state index >= 15 is 0 Å². The molecular weight excluding hydrogens is 257 g/mol. The maximum absolute atomic E-state index is 13.5. The summed E-state index contributed by atoms with van der Waals surface area (Å²) in [6.45, 7) is 2.01. The predicted octanol–water partition coefficient (Wildman–Crippen LogP) is 2.99. The summed E-state index contributed by atoms with van der Waals surface area (Å²) in [5, 5.41) is 0. The minimum Gasteiger partial charge on any atom is -0.460 e. The summed E-state index contributed by atoms with van der Waals surface area (Å²) in [5.74, 6) is -0.222. The van der Waals surface area contributed by atoms with Gasteiger partial charge in [-0.2, -0.15) is 4.98 Å². The van der Waals surface area contributed by atoms with Crippen LogP contribution < -0.4 is 4.74 Å². The fraction of sp³-hybridized carbons (Fsp3) is 0.200. The molecule has 0 amide bonds. The lowest BCUT2D eigenvalue weighted by Gasteiger charge is -2.06. The van der Waals surface area contributed by atoms with Crippen molar-refractivity contribution in [3.8, 4) is 6.01 Å². The number of imidazole rings is 1. The van der Waals surface area contributed by atoms with Gasteiger partial charge in [-0.3, -0.25) is 9.55 Å². The lowest BCUT2D eigenvalue weighted by atomic mass is 10.1. The number of rotatable bonds is 3. The van der Waals surface area contributed by atoms with Crippen LogP contribution in [0.2, 0.25) is 0 Å². The second-order valence-corrected chi connectivity index (χ2v) is 4.69. The molecule has 4 nitrogen and oxygen atoms in total. The van der Waals surface area contributed by atoms with Crippen molar-refractivity contribution in [2.24, 2.45) is 7.05 Å². The zero-order valence-electron chi connectivity index (χ0n) is 11.3. The number of benzene rings is 1. The Kier molecular flexibility index (Phi) is 3.10. The van der Waals surface area contributed by atoms with Crippen LogP contribution in [0.3, 0.4) is 0 Å². The Labute approximate surface area is 115 Å². The van der Waals surface area contributed by atoms with Crippen molar-refractivity contribution in [1.29, 1.82) is 0 Å². The van der Waals surface area contributed by atoms with E-state index in [9.17, 15) is 4.39 Å². The Morgan fingerprint density at radius 1 is 1.30 bits per heavy atom. The van der Waals surface area contributed by atoms with Gasteiger partial charge in [0.25, 0.3) is 6.01 Å². The molecule has 0 aliphatic carbocycles. The lowest BCUT2D eigenvalue weighted by molar-refractivity contribution is 0.272. The molecule has 1 aromatic carbocycles. The second-order valence-electron chi connectivity index (χ2n) is 4.69. The van der Waals surface area contributed by atoms with E-state index in [4.69, 9.17) is 4.74 Å². The molecule has 0 aliphatic rings. The van der Waals surface area contributed by atoms with Gasteiger partial charge in [-0.25, -0.2) is 4.39 Å². The van der Waals surface area contributed by atoms with Crippen molar-refractivity contribution in [3.05, 3.63) is 53.6 Å². The standard InChI is InChI=1S/C15H14FN3O/c1-10-3-4-11(7-12(10)16)9-20-15-18-13-5-6-17-8-14(13)19(15)2/h3-8H,9H2,1-2H3. The molecule has 0 radical (unpaired) electrons. The molecule has 0 saturated carbocycles. The van der Waals surface area contributed by atoms with Gasteiger partial charge in [0.1, 0.15) is 12.4 Å². The van der Waals surface area contributed by atoms with Gasteiger partial charge >= 0.3 is 0 Å². The van der Waals surface area contributed by atoms with Crippen molar-refractivity contribution in [2.45, 2.75) is 13.5 Å². The Morgan fingerprint density at radius 2 is 2.15 bits per heavy atom. The maximum Gasteiger partial charge on any atom is 0.297 e. The molecule has 2 heterocycles. The minimum absolute atomic E-state index is 0.222. The van der Waals surface area contributed by atoms with Crippen LogP contribution in [0.5, 0.6) is 6.01 Å². The number of ether oxygens (including phenoxy) is 1. The fourth-order valence-corrected chi connectivity index (χ4v) is 2.02. The van der Waals surface area contributed by atoms with Crippen LogP contribution in [0.25, 0.3) is 11.0 Å². The summed E-state index contributed by atoms with van der Waals surface area (Å²) in [6, 6.07) is 7.40. The highest BCUT2D eigenvalue weighted by molar-refractivity contribution is 5.75. The number of halogens is 1. The van der Waals surface area contributed by atoms with E-state index in [2.05, 4.69) is 9.97 Å². The average Bonchev–Trinajstić information content (AvgIpc) is 2.77. The number of aromatic nitrogens is 3.